The third kappa shape index (κ3) is 4.51. The van der Waals surface area contributed by atoms with Crippen LogP contribution in [-0.2, 0) is 4.74 Å². The molecule has 2 atom stereocenters. The zero-order valence-corrected chi connectivity index (χ0v) is 11.8. The lowest BCUT2D eigenvalue weighted by molar-refractivity contribution is 0.106. The van der Waals surface area contributed by atoms with Crippen molar-refractivity contribution in [3.8, 4) is 0 Å². The molecule has 3 nitrogen and oxygen atoms in total. The number of nitrogens with one attached hydrogen (secondary N) is 1. The van der Waals surface area contributed by atoms with E-state index in [9.17, 15) is 0 Å². The molecule has 0 amide bonds. The summed E-state index contributed by atoms with van der Waals surface area (Å²) in [4.78, 5) is 4.63. The fourth-order valence-electron chi connectivity index (χ4n) is 2.41. The maximum atomic E-state index is 5.59. The maximum Gasteiger partial charge on any atom is 0.156 e. The van der Waals surface area contributed by atoms with Crippen molar-refractivity contribution in [2.24, 2.45) is 10.9 Å². The van der Waals surface area contributed by atoms with Gasteiger partial charge in [-0.2, -0.15) is 0 Å². The van der Waals surface area contributed by atoms with Crippen LogP contribution in [0.5, 0.6) is 0 Å². The van der Waals surface area contributed by atoms with E-state index in [1.165, 1.54) is 25.0 Å². The van der Waals surface area contributed by atoms with Crippen molar-refractivity contribution in [2.45, 2.75) is 51.7 Å². The van der Waals surface area contributed by atoms with Crippen LogP contribution < -0.4 is 5.32 Å². The van der Waals surface area contributed by atoms with Crippen LogP contribution >= 0.6 is 11.8 Å². The smallest absolute Gasteiger partial charge is 0.156 e. The van der Waals surface area contributed by atoms with E-state index in [1.807, 2.05) is 11.8 Å². The SMILES string of the molecule is CC(C)CC1CSC(=NCCC2CCCO2)N1. The average Bonchev–Trinajstić information content (AvgIpc) is 2.89. The summed E-state index contributed by atoms with van der Waals surface area (Å²) in [6.45, 7) is 6.41. The minimum Gasteiger partial charge on any atom is -0.378 e. The zero-order valence-electron chi connectivity index (χ0n) is 10.9. The van der Waals surface area contributed by atoms with Gasteiger partial charge >= 0.3 is 0 Å². The number of nitrogens with zero attached hydrogens (tertiary/aromatic N) is 1. The van der Waals surface area contributed by atoms with Crippen molar-refractivity contribution < 1.29 is 4.74 Å². The number of amidine groups is 1. The highest BCUT2D eigenvalue weighted by atomic mass is 32.2. The molecule has 0 spiro atoms. The van der Waals surface area contributed by atoms with E-state index >= 15 is 0 Å². The van der Waals surface area contributed by atoms with Gasteiger partial charge in [0.2, 0.25) is 0 Å². The molecule has 0 aromatic rings. The van der Waals surface area contributed by atoms with Crippen LogP contribution in [0.1, 0.15) is 39.5 Å². The van der Waals surface area contributed by atoms with Gasteiger partial charge in [-0.05, 0) is 31.6 Å². The Hall–Kier alpha value is -0.220. The Labute approximate surface area is 109 Å². The molecule has 1 N–H and O–H groups in total. The molecule has 17 heavy (non-hydrogen) atoms. The Morgan fingerprint density at radius 3 is 3.12 bits per heavy atom. The minimum atomic E-state index is 0.470. The van der Waals surface area contributed by atoms with Gasteiger partial charge in [-0.1, -0.05) is 25.6 Å². The molecule has 0 aromatic heterocycles. The second kappa shape index (κ2) is 6.64. The molecule has 2 fully saturated rings. The first-order valence-electron chi connectivity index (χ1n) is 6.79. The van der Waals surface area contributed by atoms with Crippen molar-refractivity contribution in [2.75, 3.05) is 18.9 Å². The van der Waals surface area contributed by atoms with E-state index in [1.54, 1.807) is 0 Å². The van der Waals surface area contributed by atoms with Crippen LogP contribution in [0.2, 0.25) is 0 Å². The number of aliphatic imine (C=N–C) groups is 1. The fourth-order valence-corrected chi connectivity index (χ4v) is 3.42. The topological polar surface area (TPSA) is 33.6 Å². The molecule has 4 heteroatoms. The summed E-state index contributed by atoms with van der Waals surface area (Å²) in [5.41, 5.74) is 0. The van der Waals surface area contributed by atoms with Crippen molar-refractivity contribution in [1.82, 2.24) is 5.32 Å². The minimum absolute atomic E-state index is 0.470. The summed E-state index contributed by atoms with van der Waals surface area (Å²) in [6, 6.07) is 0.626. The zero-order chi connectivity index (χ0) is 12.1. The summed E-state index contributed by atoms with van der Waals surface area (Å²) in [5.74, 6) is 1.94. The van der Waals surface area contributed by atoms with Gasteiger partial charge in [-0.3, -0.25) is 4.99 Å². The first-order chi connectivity index (χ1) is 8.24. The van der Waals surface area contributed by atoms with E-state index in [4.69, 9.17) is 4.74 Å². The quantitative estimate of drug-likeness (QED) is 0.821. The molecule has 0 saturated carbocycles. The van der Waals surface area contributed by atoms with Crippen molar-refractivity contribution in [3.63, 3.8) is 0 Å². The van der Waals surface area contributed by atoms with Crippen molar-refractivity contribution in [3.05, 3.63) is 0 Å². The highest BCUT2D eigenvalue weighted by Crippen LogP contribution is 2.20. The van der Waals surface area contributed by atoms with Crippen molar-refractivity contribution >= 4 is 16.9 Å². The third-order valence-corrected chi connectivity index (χ3v) is 4.32. The number of hydrogen-bond acceptors (Lipinski definition) is 3. The Bertz CT molecular complexity index is 262. The summed E-state index contributed by atoms with van der Waals surface area (Å²) in [7, 11) is 0. The Kier molecular flexibility index (Phi) is 5.16. The van der Waals surface area contributed by atoms with Crippen LogP contribution in [0, 0.1) is 5.92 Å². The first kappa shape index (κ1) is 13.2. The maximum absolute atomic E-state index is 5.59. The lowest BCUT2D eigenvalue weighted by Crippen LogP contribution is -2.28. The molecule has 2 saturated heterocycles. The van der Waals surface area contributed by atoms with Gasteiger partial charge in [0.15, 0.2) is 5.17 Å². The lowest BCUT2D eigenvalue weighted by atomic mass is 10.1. The largest absolute Gasteiger partial charge is 0.378 e. The first-order valence-corrected chi connectivity index (χ1v) is 7.78. The van der Waals surface area contributed by atoms with E-state index in [0.29, 0.717) is 12.1 Å². The number of hydrogen-bond donors (Lipinski definition) is 1. The summed E-state index contributed by atoms with van der Waals surface area (Å²) < 4.78 is 5.59. The third-order valence-electron chi connectivity index (χ3n) is 3.24. The Morgan fingerprint density at radius 2 is 2.41 bits per heavy atom. The Morgan fingerprint density at radius 1 is 1.53 bits per heavy atom. The highest BCUT2D eigenvalue weighted by Gasteiger charge is 2.21. The molecule has 2 aliphatic heterocycles. The van der Waals surface area contributed by atoms with Gasteiger partial charge in [0.1, 0.15) is 0 Å². The van der Waals surface area contributed by atoms with Crippen LogP contribution in [-0.4, -0.2) is 36.2 Å². The molecule has 2 aliphatic rings. The van der Waals surface area contributed by atoms with E-state index in [2.05, 4.69) is 24.2 Å². The molecular formula is C13H24N2OS. The second-order valence-corrected chi connectivity index (χ2v) is 6.40. The molecule has 0 aromatic carbocycles. The monoisotopic (exact) mass is 256 g/mol. The van der Waals surface area contributed by atoms with Crippen LogP contribution in [0.25, 0.3) is 0 Å². The molecular weight excluding hydrogens is 232 g/mol. The molecule has 2 heterocycles. The van der Waals surface area contributed by atoms with Crippen LogP contribution in [0.15, 0.2) is 4.99 Å². The second-order valence-electron chi connectivity index (χ2n) is 5.39. The van der Waals surface area contributed by atoms with E-state index in [-0.39, 0.29) is 0 Å². The molecule has 0 aliphatic carbocycles. The Balaban J connectivity index is 1.65. The summed E-state index contributed by atoms with van der Waals surface area (Å²) in [5, 5.41) is 4.67. The molecule has 0 radical (unpaired) electrons. The van der Waals surface area contributed by atoms with Gasteiger partial charge < -0.3 is 10.1 Å². The average molecular weight is 256 g/mol. The normalized spacial score (nSPS) is 31.4. The van der Waals surface area contributed by atoms with E-state index < -0.39 is 0 Å². The summed E-state index contributed by atoms with van der Waals surface area (Å²) >= 11 is 1.87. The van der Waals surface area contributed by atoms with Gasteiger partial charge in [-0.15, -0.1) is 0 Å². The predicted molar refractivity (Wildman–Crippen MR) is 74.7 cm³/mol. The van der Waals surface area contributed by atoms with Crippen LogP contribution in [0.3, 0.4) is 0 Å². The van der Waals surface area contributed by atoms with Crippen molar-refractivity contribution in [1.29, 1.82) is 0 Å². The molecule has 2 unspecified atom stereocenters. The number of rotatable bonds is 5. The van der Waals surface area contributed by atoms with Crippen LogP contribution in [0.4, 0.5) is 0 Å². The van der Waals surface area contributed by atoms with Gasteiger partial charge in [0.25, 0.3) is 0 Å². The summed E-state index contributed by atoms with van der Waals surface area (Å²) in [6.07, 6.45) is 5.25. The molecule has 98 valence electrons. The predicted octanol–water partition coefficient (Wildman–Crippen LogP) is 2.66. The van der Waals surface area contributed by atoms with E-state index in [0.717, 1.165) is 30.7 Å². The molecule has 2 rings (SSSR count). The van der Waals surface area contributed by atoms with Gasteiger partial charge in [0.05, 0.1) is 6.10 Å². The van der Waals surface area contributed by atoms with Gasteiger partial charge in [0, 0.05) is 24.9 Å². The molecule has 0 bridgehead atoms. The fraction of sp³-hybridized carbons (Fsp3) is 0.923. The standard InChI is InChI=1S/C13H24N2OS/c1-10(2)8-11-9-17-13(15-11)14-6-5-12-4-3-7-16-12/h10-12H,3-9H2,1-2H3,(H,14,15). The highest BCUT2D eigenvalue weighted by molar-refractivity contribution is 8.14. The lowest BCUT2D eigenvalue weighted by Gasteiger charge is -2.12. The number of ether oxygens (including phenoxy) is 1. The van der Waals surface area contributed by atoms with Gasteiger partial charge in [-0.25, -0.2) is 0 Å². The number of thioether (sulfide) groups is 1.